The zero-order valence-electron chi connectivity index (χ0n) is 14.0. The van der Waals surface area contributed by atoms with Crippen LogP contribution < -0.4 is 0 Å². The molecule has 4 rings (SSSR count). The highest BCUT2D eigenvalue weighted by molar-refractivity contribution is 7.15. The van der Waals surface area contributed by atoms with Gasteiger partial charge >= 0.3 is 0 Å². The van der Waals surface area contributed by atoms with E-state index in [1.165, 1.54) is 5.69 Å². The Morgan fingerprint density at radius 2 is 2.29 bits per heavy atom. The zero-order valence-corrected chi connectivity index (χ0v) is 14.8. The fraction of sp³-hybridized carbons (Fsp3) is 0.471. The Balaban J connectivity index is 1.46. The SMILES string of the molecule is Cc1cc(C)n([C@H]2CCCN(C(=O)Cc3cn4ccsc4n3)C2)n1. The Hall–Kier alpha value is -2.15. The number of aromatic nitrogens is 4. The second-order valence-electron chi connectivity index (χ2n) is 6.51. The van der Waals surface area contributed by atoms with Crippen LogP contribution in [0.4, 0.5) is 0 Å². The van der Waals surface area contributed by atoms with Gasteiger partial charge in [-0.1, -0.05) is 0 Å². The monoisotopic (exact) mass is 343 g/mol. The standard InChI is InChI=1S/C17H21N5OS/c1-12-8-13(2)22(19-12)15-4-3-5-20(11-15)16(23)9-14-10-21-6-7-24-17(21)18-14/h6-8,10,15H,3-5,9,11H2,1-2H3/t15-/m0/s1. The van der Waals surface area contributed by atoms with Gasteiger partial charge < -0.3 is 4.90 Å². The molecule has 7 heteroatoms. The van der Waals surface area contributed by atoms with Crippen molar-refractivity contribution in [3.8, 4) is 0 Å². The summed E-state index contributed by atoms with van der Waals surface area (Å²) in [6.07, 6.45) is 6.39. The molecule has 0 aliphatic carbocycles. The number of piperidine rings is 1. The highest BCUT2D eigenvalue weighted by atomic mass is 32.1. The summed E-state index contributed by atoms with van der Waals surface area (Å²) in [5.74, 6) is 0.159. The summed E-state index contributed by atoms with van der Waals surface area (Å²) in [6.45, 7) is 5.66. The summed E-state index contributed by atoms with van der Waals surface area (Å²) in [6, 6.07) is 2.38. The van der Waals surface area contributed by atoms with E-state index in [4.69, 9.17) is 0 Å². The maximum absolute atomic E-state index is 12.7. The molecule has 4 heterocycles. The average molecular weight is 343 g/mol. The van der Waals surface area contributed by atoms with Gasteiger partial charge in [-0.3, -0.25) is 13.9 Å². The second-order valence-corrected chi connectivity index (χ2v) is 7.38. The Kier molecular flexibility index (Phi) is 3.88. The minimum atomic E-state index is 0.159. The number of hydrogen-bond acceptors (Lipinski definition) is 4. The molecular formula is C17H21N5OS. The first kappa shape index (κ1) is 15.4. The summed E-state index contributed by atoms with van der Waals surface area (Å²) < 4.78 is 4.06. The van der Waals surface area contributed by atoms with Crippen molar-refractivity contribution in [2.24, 2.45) is 0 Å². The van der Waals surface area contributed by atoms with Gasteiger partial charge in [0.05, 0.1) is 23.9 Å². The number of nitrogens with zero attached hydrogens (tertiary/aromatic N) is 5. The topological polar surface area (TPSA) is 55.4 Å². The normalized spacial score (nSPS) is 18.4. The van der Waals surface area contributed by atoms with Crippen LogP contribution in [0.3, 0.4) is 0 Å². The number of carbonyl (C=O) groups excluding carboxylic acids is 1. The molecule has 1 amide bonds. The van der Waals surface area contributed by atoms with Crippen LogP contribution in [0.2, 0.25) is 0 Å². The smallest absolute Gasteiger partial charge is 0.228 e. The van der Waals surface area contributed by atoms with E-state index in [2.05, 4.69) is 27.8 Å². The quantitative estimate of drug-likeness (QED) is 0.734. The third-order valence-corrected chi connectivity index (χ3v) is 5.39. The van der Waals surface area contributed by atoms with E-state index in [-0.39, 0.29) is 11.9 Å². The lowest BCUT2D eigenvalue weighted by Gasteiger charge is -2.33. The van der Waals surface area contributed by atoms with Crippen LogP contribution in [0, 0.1) is 13.8 Å². The summed E-state index contributed by atoms with van der Waals surface area (Å²) >= 11 is 1.59. The van der Waals surface area contributed by atoms with Crippen LogP contribution in [0.15, 0.2) is 23.8 Å². The molecule has 1 aliphatic heterocycles. The minimum absolute atomic E-state index is 0.159. The molecule has 0 aromatic carbocycles. The lowest BCUT2D eigenvalue weighted by molar-refractivity contribution is -0.132. The molecule has 0 bridgehead atoms. The number of aryl methyl sites for hydroxylation is 2. The maximum Gasteiger partial charge on any atom is 0.228 e. The van der Waals surface area contributed by atoms with E-state index < -0.39 is 0 Å². The molecule has 0 spiro atoms. The van der Waals surface area contributed by atoms with Crippen LogP contribution in [0.25, 0.3) is 4.96 Å². The Morgan fingerprint density at radius 1 is 1.42 bits per heavy atom. The van der Waals surface area contributed by atoms with E-state index in [0.717, 1.165) is 42.3 Å². The van der Waals surface area contributed by atoms with Crippen molar-refractivity contribution in [1.82, 2.24) is 24.1 Å². The number of rotatable bonds is 3. The third-order valence-electron chi connectivity index (χ3n) is 4.62. The van der Waals surface area contributed by atoms with E-state index in [1.54, 1.807) is 11.3 Å². The fourth-order valence-electron chi connectivity index (χ4n) is 3.52. The van der Waals surface area contributed by atoms with E-state index in [9.17, 15) is 4.79 Å². The molecule has 0 unspecified atom stereocenters. The van der Waals surface area contributed by atoms with Gasteiger partial charge in [-0.15, -0.1) is 11.3 Å². The van der Waals surface area contributed by atoms with Crippen LogP contribution in [0.1, 0.15) is 36.0 Å². The summed E-state index contributed by atoms with van der Waals surface area (Å²) in [4.78, 5) is 20.1. The van der Waals surface area contributed by atoms with Crippen molar-refractivity contribution in [2.45, 2.75) is 39.2 Å². The van der Waals surface area contributed by atoms with Crippen molar-refractivity contribution >= 4 is 22.2 Å². The summed E-state index contributed by atoms with van der Waals surface area (Å²) in [5, 5.41) is 6.60. The van der Waals surface area contributed by atoms with Crippen molar-refractivity contribution in [3.05, 3.63) is 40.9 Å². The highest BCUT2D eigenvalue weighted by Crippen LogP contribution is 2.23. The lowest BCUT2D eigenvalue weighted by Crippen LogP contribution is -2.41. The van der Waals surface area contributed by atoms with Crippen molar-refractivity contribution < 1.29 is 4.79 Å². The zero-order chi connectivity index (χ0) is 16.7. The Bertz CT molecular complexity index is 848. The Labute approximate surface area is 144 Å². The fourth-order valence-corrected chi connectivity index (χ4v) is 4.24. The Morgan fingerprint density at radius 3 is 3.04 bits per heavy atom. The van der Waals surface area contributed by atoms with E-state index in [0.29, 0.717) is 6.42 Å². The highest BCUT2D eigenvalue weighted by Gasteiger charge is 2.26. The van der Waals surface area contributed by atoms with Crippen LogP contribution in [-0.4, -0.2) is 43.1 Å². The molecule has 126 valence electrons. The van der Waals surface area contributed by atoms with Gasteiger partial charge in [0, 0.05) is 36.6 Å². The first-order valence-electron chi connectivity index (χ1n) is 8.32. The molecule has 3 aromatic rings. The predicted octanol–water partition coefficient (Wildman–Crippen LogP) is 2.62. The number of hydrogen-bond donors (Lipinski definition) is 0. The molecule has 3 aromatic heterocycles. The largest absolute Gasteiger partial charge is 0.340 e. The molecule has 24 heavy (non-hydrogen) atoms. The van der Waals surface area contributed by atoms with Gasteiger partial charge in [-0.2, -0.15) is 5.10 Å². The number of imidazole rings is 1. The maximum atomic E-state index is 12.7. The van der Waals surface area contributed by atoms with Crippen LogP contribution in [0.5, 0.6) is 0 Å². The van der Waals surface area contributed by atoms with Gasteiger partial charge in [0.15, 0.2) is 4.96 Å². The molecule has 1 fully saturated rings. The molecule has 0 radical (unpaired) electrons. The van der Waals surface area contributed by atoms with Crippen molar-refractivity contribution in [1.29, 1.82) is 0 Å². The first-order chi connectivity index (χ1) is 11.6. The molecule has 1 saturated heterocycles. The van der Waals surface area contributed by atoms with Gasteiger partial charge in [0.1, 0.15) is 0 Å². The van der Waals surface area contributed by atoms with Crippen molar-refractivity contribution in [2.75, 3.05) is 13.1 Å². The van der Waals surface area contributed by atoms with Crippen LogP contribution in [-0.2, 0) is 11.2 Å². The number of likely N-dealkylation sites (tertiary alicyclic amines) is 1. The van der Waals surface area contributed by atoms with Crippen molar-refractivity contribution in [3.63, 3.8) is 0 Å². The molecule has 0 N–H and O–H groups in total. The summed E-state index contributed by atoms with van der Waals surface area (Å²) in [7, 11) is 0. The third kappa shape index (κ3) is 2.84. The molecule has 1 atom stereocenters. The molecule has 6 nitrogen and oxygen atoms in total. The van der Waals surface area contributed by atoms with Gasteiger partial charge in [0.2, 0.25) is 5.91 Å². The first-order valence-corrected chi connectivity index (χ1v) is 9.20. The van der Waals surface area contributed by atoms with Gasteiger partial charge in [0.25, 0.3) is 0 Å². The summed E-state index contributed by atoms with van der Waals surface area (Å²) in [5.41, 5.74) is 3.05. The second kappa shape index (κ2) is 6.05. The lowest BCUT2D eigenvalue weighted by atomic mass is 10.0. The van der Waals surface area contributed by atoms with Gasteiger partial charge in [-0.25, -0.2) is 4.98 Å². The van der Waals surface area contributed by atoms with E-state index in [1.807, 2.05) is 34.0 Å². The predicted molar refractivity (Wildman–Crippen MR) is 93.3 cm³/mol. The molecular weight excluding hydrogens is 322 g/mol. The molecule has 1 aliphatic rings. The molecule has 0 saturated carbocycles. The number of fused-ring (bicyclic) bond motifs is 1. The number of carbonyl (C=O) groups is 1. The van der Waals surface area contributed by atoms with E-state index >= 15 is 0 Å². The van der Waals surface area contributed by atoms with Crippen LogP contribution >= 0.6 is 11.3 Å². The van der Waals surface area contributed by atoms with Gasteiger partial charge in [-0.05, 0) is 32.8 Å². The number of amides is 1. The minimum Gasteiger partial charge on any atom is -0.340 e. The average Bonchev–Trinajstić information content (AvgIpc) is 3.22. The number of thiazole rings is 1.